The number of ether oxygens (including phenoxy) is 1. The molecule has 0 aromatic heterocycles. The number of benzene rings is 1. The van der Waals surface area contributed by atoms with Crippen LogP contribution >= 0.6 is 0 Å². The Morgan fingerprint density at radius 1 is 1.30 bits per heavy atom. The first kappa shape index (κ1) is 17.8. The quantitative estimate of drug-likeness (QED) is 0.722. The average Bonchev–Trinajstić information content (AvgIpc) is 2.54. The van der Waals surface area contributed by atoms with Gasteiger partial charge >= 0.3 is 6.03 Å². The highest BCUT2D eigenvalue weighted by atomic mass is 16.5. The van der Waals surface area contributed by atoms with E-state index < -0.39 is 6.10 Å². The molecule has 0 saturated carbocycles. The largest absolute Gasteiger partial charge is 0.391 e. The van der Waals surface area contributed by atoms with Crippen LogP contribution in [0.3, 0.4) is 0 Å². The lowest BCUT2D eigenvalue weighted by atomic mass is 9.89. The van der Waals surface area contributed by atoms with Crippen molar-refractivity contribution in [3.8, 4) is 0 Å². The van der Waals surface area contributed by atoms with Crippen molar-refractivity contribution >= 4 is 6.03 Å². The van der Waals surface area contributed by atoms with Gasteiger partial charge in [-0.1, -0.05) is 18.2 Å². The molecule has 3 N–H and O–H groups in total. The molecule has 2 amide bonds. The molecule has 0 saturated heterocycles. The highest BCUT2D eigenvalue weighted by Gasteiger charge is 2.14. The van der Waals surface area contributed by atoms with Crippen LogP contribution in [0.15, 0.2) is 18.2 Å². The molecule has 0 spiro atoms. The SMILES string of the molecule is COCC(O)CCNC(=O)NC(C)c1ccc2c(c1)CCCC2. The number of fused-ring (bicyclic) bond motifs is 1. The van der Waals surface area contributed by atoms with Gasteiger partial charge in [-0.3, -0.25) is 0 Å². The van der Waals surface area contributed by atoms with E-state index in [0.29, 0.717) is 13.0 Å². The number of rotatable bonds is 7. The summed E-state index contributed by atoms with van der Waals surface area (Å²) >= 11 is 0. The summed E-state index contributed by atoms with van der Waals surface area (Å²) in [5.41, 5.74) is 4.01. The van der Waals surface area contributed by atoms with Gasteiger partial charge in [0.25, 0.3) is 0 Å². The second-order valence-corrected chi connectivity index (χ2v) is 6.26. The summed E-state index contributed by atoms with van der Waals surface area (Å²) in [5, 5.41) is 15.3. The molecule has 0 fully saturated rings. The van der Waals surface area contributed by atoms with E-state index in [-0.39, 0.29) is 18.7 Å². The minimum absolute atomic E-state index is 0.0360. The monoisotopic (exact) mass is 320 g/mol. The van der Waals surface area contributed by atoms with E-state index in [2.05, 4.69) is 28.8 Å². The van der Waals surface area contributed by atoms with Crippen LogP contribution in [0.1, 0.15) is 48.9 Å². The predicted octanol–water partition coefficient (Wildman–Crippen LogP) is 2.32. The Balaban J connectivity index is 1.79. The maximum atomic E-state index is 11.9. The van der Waals surface area contributed by atoms with Crippen LogP contribution in [0.2, 0.25) is 0 Å². The predicted molar refractivity (Wildman–Crippen MR) is 90.5 cm³/mol. The Labute approximate surface area is 138 Å². The number of hydrogen-bond acceptors (Lipinski definition) is 3. The molecule has 1 aliphatic carbocycles. The minimum atomic E-state index is -0.543. The summed E-state index contributed by atoms with van der Waals surface area (Å²) in [7, 11) is 1.55. The molecule has 2 rings (SSSR count). The summed E-state index contributed by atoms with van der Waals surface area (Å²) in [4.78, 5) is 11.9. The molecule has 0 radical (unpaired) electrons. The van der Waals surface area contributed by atoms with Crippen LogP contribution in [-0.4, -0.2) is 37.5 Å². The normalized spacial score (nSPS) is 16.3. The summed E-state index contributed by atoms with van der Waals surface area (Å²) in [6.45, 7) is 2.70. The van der Waals surface area contributed by atoms with Gasteiger partial charge in [0, 0.05) is 13.7 Å². The first-order valence-corrected chi connectivity index (χ1v) is 8.43. The fraction of sp³-hybridized carbons (Fsp3) is 0.611. The second-order valence-electron chi connectivity index (χ2n) is 6.26. The summed E-state index contributed by atoms with van der Waals surface area (Å²) in [6.07, 6.45) is 4.77. The van der Waals surface area contributed by atoms with E-state index in [1.807, 2.05) is 6.92 Å². The Hall–Kier alpha value is -1.59. The maximum absolute atomic E-state index is 11.9. The molecular weight excluding hydrogens is 292 g/mol. The number of carbonyl (C=O) groups is 1. The van der Waals surface area contributed by atoms with Gasteiger partial charge in [-0.2, -0.15) is 0 Å². The van der Waals surface area contributed by atoms with E-state index in [0.717, 1.165) is 12.0 Å². The van der Waals surface area contributed by atoms with E-state index in [1.165, 1.54) is 30.4 Å². The van der Waals surface area contributed by atoms with Gasteiger partial charge in [0.05, 0.1) is 18.8 Å². The average molecular weight is 320 g/mol. The van der Waals surface area contributed by atoms with E-state index in [9.17, 15) is 9.90 Å². The lowest BCUT2D eigenvalue weighted by molar-refractivity contribution is 0.0598. The molecule has 2 unspecified atom stereocenters. The van der Waals surface area contributed by atoms with Crippen LogP contribution in [-0.2, 0) is 17.6 Å². The third kappa shape index (κ3) is 5.52. The number of nitrogens with one attached hydrogen (secondary N) is 2. The molecule has 5 heteroatoms. The van der Waals surface area contributed by atoms with Crippen LogP contribution in [0.4, 0.5) is 4.79 Å². The van der Waals surface area contributed by atoms with Crippen molar-refractivity contribution in [2.24, 2.45) is 0 Å². The zero-order chi connectivity index (χ0) is 16.7. The van der Waals surface area contributed by atoms with E-state index in [4.69, 9.17) is 4.74 Å². The summed E-state index contributed by atoms with van der Waals surface area (Å²) < 4.78 is 4.85. The van der Waals surface area contributed by atoms with Crippen LogP contribution < -0.4 is 10.6 Å². The molecule has 1 aromatic rings. The van der Waals surface area contributed by atoms with Crippen LogP contribution in [0.25, 0.3) is 0 Å². The minimum Gasteiger partial charge on any atom is -0.391 e. The number of hydrogen-bond donors (Lipinski definition) is 3. The van der Waals surface area contributed by atoms with Gasteiger partial charge in [-0.15, -0.1) is 0 Å². The number of urea groups is 1. The van der Waals surface area contributed by atoms with Gasteiger partial charge in [-0.05, 0) is 55.7 Å². The highest BCUT2D eigenvalue weighted by molar-refractivity contribution is 5.74. The number of aliphatic hydroxyl groups excluding tert-OH is 1. The molecular formula is C18H28N2O3. The lowest BCUT2D eigenvalue weighted by Crippen LogP contribution is -2.38. The van der Waals surface area contributed by atoms with E-state index in [1.54, 1.807) is 7.11 Å². The van der Waals surface area contributed by atoms with Crippen molar-refractivity contribution in [1.82, 2.24) is 10.6 Å². The molecule has 0 aliphatic heterocycles. The first-order chi connectivity index (χ1) is 11.1. The van der Waals surface area contributed by atoms with Gasteiger partial charge < -0.3 is 20.5 Å². The number of methoxy groups -OCH3 is 1. The van der Waals surface area contributed by atoms with Crippen molar-refractivity contribution in [1.29, 1.82) is 0 Å². The number of amides is 2. The fourth-order valence-corrected chi connectivity index (χ4v) is 2.98. The van der Waals surface area contributed by atoms with Gasteiger partial charge in [-0.25, -0.2) is 4.79 Å². The lowest BCUT2D eigenvalue weighted by Gasteiger charge is -2.20. The molecule has 23 heavy (non-hydrogen) atoms. The van der Waals surface area contributed by atoms with Gasteiger partial charge in [0.1, 0.15) is 0 Å². The fourth-order valence-electron chi connectivity index (χ4n) is 2.98. The van der Waals surface area contributed by atoms with Crippen molar-refractivity contribution in [3.63, 3.8) is 0 Å². The Kier molecular flexibility index (Phi) is 6.86. The molecule has 5 nitrogen and oxygen atoms in total. The zero-order valence-corrected chi connectivity index (χ0v) is 14.1. The first-order valence-electron chi connectivity index (χ1n) is 8.43. The van der Waals surface area contributed by atoms with Gasteiger partial charge in [0.15, 0.2) is 0 Å². The Morgan fingerprint density at radius 2 is 2.04 bits per heavy atom. The van der Waals surface area contributed by atoms with Crippen molar-refractivity contribution < 1.29 is 14.6 Å². The zero-order valence-electron chi connectivity index (χ0n) is 14.1. The van der Waals surface area contributed by atoms with Crippen LogP contribution in [0.5, 0.6) is 0 Å². The number of carbonyl (C=O) groups excluding carboxylic acids is 1. The van der Waals surface area contributed by atoms with Crippen molar-refractivity contribution in [2.45, 2.75) is 51.2 Å². The molecule has 128 valence electrons. The maximum Gasteiger partial charge on any atom is 0.315 e. The highest BCUT2D eigenvalue weighted by Crippen LogP contribution is 2.24. The van der Waals surface area contributed by atoms with Crippen LogP contribution in [0, 0.1) is 0 Å². The van der Waals surface area contributed by atoms with E-state index >= 15 is 0 Å². The standard InChI is InChI=1S/C18H28N2O3/c1-13(20-18(22)19-10-9-17(21)12-23-2)15-8-7-14-5-3-4-6-16(14)11-15/h7-8,11,13,17,21H,3-6,9-10,12H2,1-2H3,(H2,19,20,22). The molecule has 0 bridgehead atoms. The molecule has 1 aliphatic rings. The Bertz CT molecular complexity index is 519. The third-order valence-electron chi connectivity index (χ3n) is 4.34. The summed E-state index contributed by atoms with van der Waals surface area (Å²) in [5.74, 6) is 0. The Morgan fingerprint density at radius 3 is 2.78 bits per heavy atom. The van der Waals surface area contributed by atoms with Crippen molar-refractivity contribution in [2.75, 3.05) is 20.3 Å². The topological polar surface area (TPSA) is 70.6 Å². The molecule has 1 aromatic carbocycles. The molecule has 0 heterocycles. The molecule has 2 atom stereocenters. The van der Waals surface area contributed by atoms with Crippen molar-refractivity contribution in [3.05, 3.63) is 34.9 Å². The van der Waals surface area contributed by atoms with Gasteiger partial charge in [0.2, 0.25) is 0 Å². The number of aryl methyl sites for hydroxylation is 2. The second kappa shape index (κ2) is 8.89. The smallest absolute Gasteiger partial charge is 0.315 e. The summed E-state index contributed by atoms with van der Waals surface area (Å²) in [6, 6.07) is 6.28. The number of aliphatic hydroxyl groups is 1. The third-order valence-corrected chi connectivity index (χ3v) is 4.34.